The summed E-state index contributed by atoms with van der Waals surface area (Å²) in [5, 5.41) is 0. The molecule has 58 valence electrons. The third kappa shape index (κ3) is 0.854. The van der Waals surface area contributed by atoms with Gasteiger partial charge in [0.1, 0.15) is 12.6 Å². The van der Waals surface area contributed by atoms with E-state index >= 15 is 0 Å². The minimum atomic E-state index is 0.227. The molecule has 2 aliphatic rings. The summed E-state index contributed by atoms with van der Waals surface area (Å²) < 4.78 is 0. The van der Waals surface area contributed by atoms with Gasteiger partial charge in [0, 0.05) is 12.3 Å². The lowest BCUT2D eigenvalue weighted by atomic mass is 10.0. The largest absolute Gasteiger partial charge is 0.303 e. The molecule has 0 aromatic heterocycles. The van der Waals surface area contributed by atoms with Gasteiger partial charge in [-0.2, -0.15) is 0 Å². The molecule has 0 amide bonds. The Bertz CT molecular complexity index is 216. The Kier molecular flexibility index (Phi) is 1.41. The highest BCUT2D eigenvalue weighted by molar-refractivity contribution is 5.63. The van der Waals surface area contributed by atoms with Crippen molar-refractivity contribution in [2.75, 3.05) is 0 Å². The molecule has 2 aliphatic carbocycles. The quantitative estimate of drug-likeness (QED) is 0.441. The van der Waals surface area contributed by atoms with E-state index in [0.717, 1.165) is 12.6 Å². The van der Waals surface area contributed by atoms with E-state index in [-0.39, 0.29) is 5.92 Å². The van der Waals surface area contributed by atoms with Crippen LogP contribution in [0.5, 0.6) is 0 Å². The molecule has 0 aromatic carbocycles. The second-order valence-corrected chi connectivity index (χ2v) is 3.32. The molecule has 2 nitrogen and oxygen atoms in total. The van der Waals surface area contributed by atoms with E-state index in [0.29, 0.717) is 24.2 Å². The fourth-order valence-electron chi connectivity index (χ4n) is 2.14. The Morgan fingerprint density at radius 2 is 2.09 bits per heavy atom. The third-order valence-electron chi connectivity index (χ3n) is 2.79. The fraction of sp³-hybridized carbons (Fsp3) is 0.556. The molecule has 2 heteroatoms. The second-order valence-electron chi connectivity index (χ2n) is 3.32. The normalized spacial score (nSPS) is 45.1. The summed E-state index contributed by atoms with van der Waals surface area (Å²) in [6.07, 6.45) is 6.71. The van der Waals surface area contributed by atoms with Gasteiger partial charge in [-0.1, -0.05) is 12.2 Å². The lowest BCUT2D eigenvalue weighted by Gasteiger charge is -2.02. The summed E-state index contributed by atoms with van der Waals surface area (Å²) in [7, 11) is 0. The number of carbonyl (C=O) groups excluding carboxylic acids is 2. The van der Waals surface area contributed by atoms with Crippen molar-refractivity contribution in [1.29, 1.82) is 0 Å². The summed E-state index contributed by atoms with van der Waals surface area (Å²) in [5.74, 6) is 1.52. The van der Waals surface area contributed by atoms with Crippen LogP contribution in [0.3, 0.4) is 0 Å². The van der Waals surface area contributed by atoms with Gasteiger partial charge in [-0.25, -0.2) is 0 Å². The van der Waals surface area contributed by atoms with Crippen LogP contribution in [0.15, 0.2) is 12.2 Å². The molecule has 0 aromatic rings. The predicted octanol–water partition coefficient (Wildman–Crippen LogP) is 0.823. The van der Waals surface area contributed by atoms with E-state index in [9.17, 15) is 9.59 Å². The van der Waals surface area contributed by atoms with E-state index in [2.05, 4.69) is 12.2 Å². The SMILES string of the molecule is O=CCC1C=CC2C(C=O)C12. The van der Waals surface area contributed by atoms with Gasteiger partial charge in [0.15, 0.2) is 0 Å². The predicted molar refractivity (Wildman–Crippen MR) is 39.8 cm³/mol. The monoisotopic (exact) mass is 150 g/mol. The van der Waals surface area contributed by atoms with Crippen LogP contribution >= 0.6 is 0 Å². The molecule has 0 bridgehead atoms. The van der Waals surface area contributed by atoms with E-state index in [1.165, 1.54) is 0 Å². The van der Waals surface area contributed by atoms with Crippen molar-refractivity contribution in [2.45, 2.75) is 6.42 Å². The van der Waals surface area contributed by atoms with Gasteiger partial charge in [-0.05, 0) is 17.8 Å². The van der Waals surface area contributed by atoms with Crippen LogP contribution in [0, 0.1) is 23.7 Å². The van der Waals surface area contributed by atoms with E-state index in [1.807, 2.05) is 0 Å². The van der Waals surface area contributed by atoms with Gasteiger partial charge in [0.2, 0.25) is 0 Å². The molecule has 11 heavy (non-hydrogen) atoms. The summed E-state index contributed by atoms with van der Waals surface area (Å²) >= 11 is 0. The molecule has 0 saturated heterocycles. The zero-order valence-corrected chi connectivity index (χ0v) is 6.14. The van der Waals surface area contributed by atoms with Crippen LogP contribution in [-0.4, -0.2) is 12.6 Å². The average Bonchev–Trinajstić information content (AvgIpc) is 2.59. The standard InChI is InChI=1S/C9H10O2/c10-4-3-6-1-2-7-8(5-11)9(6)7/h1-2,4-9H,3H2. The molecule has 1 fully saturated rings. The minimum Gasteiger partial charge on any atom is -0.303 e. The zero-order chi connectivity index (χ0) is 7.84. The average molecular weight is 150 g/mol. The first-order valence-corrected chi connectivity index (χ1v) is 3.95. The number of aldehydes is 2. The van der Waals surface area contributed by atoms with Crippen molar-refractivity contribution in [3.63, 3.8) is 0 Å². The Morgan fingerprint density at radius 3 is 2.64 bits per heavy atom. The van der Waals surface area contributed by atoms with Gasteiger partial charge < -0.3 is 9.59 Å². The minimum absolute atomic E-state index is 0.227. The van der Waals surface area contributed by atoms with Crippen molar-refractivity contribution >= 4 is 12.6 Å². The van der Waals surface area contributed by atoms with Crippen LogP contribution in [0.1, 0.15) is 6.42 Å². The lowest BCUT2D eigenvalue weighted by molar-refractivity contribution is -0.110. The van der Waals surface area contributed by atoms with Crippen LogP contribution in [-0.2, 0) is 9.59 Å². The van der Waals surface area contributed by atoms with Gasteiger partial charge in [-0.15, -0.1) is 0 Å². The summed E-state index contributed by atoms with van der Waals surface area (Å²) in [6, 6.07) is 0. The molecule has 0 radical (unpaired) electrons. The van der Waals surface area contributed by atoms with Crippen molar-refractivity contribution in [2.24, 2.45) is 23.7 Å². The van der Waals surface area contributed by atoms with Crippen molar-refractivity contribution in [1.82, 2.24) is 0 Å². The summed E-state index contributed by atoms with van der Waals surface area (Å²) in [4.78, 5) is 20.6. The number of carbonyl (C=O) groups is 2. The molecular weight excluding hydrogens is 140 g/mol. The Balaban J connectivity index is 2.02. The molecular formula is C9H10O2. The maximum Gasteiger partial charge on any atom is 0.123 e. The van der Waals surface area contributed by atoms with E-state index in [4.69, 9.17) is 0 Å². The smallest absolute Gasteiger partial charge is 0.123 e. The molecule has 4 unspecified atom stereocenters. The first kappa shape index (κ1) is 6.77. The maximum atomic E-state index is 10.4. The highest BCUT2D eigenvalue weighted by Crippen LogP contribution is 2.56. The first-order chi connectivity index (χ1) is 5.38. The summed E-state index contributed by atoms with van der Waals surface area (Å²) in [5.41, 5.74) is 0. The molecule has 0 spiro atoms. The van der Waals surface area contributed by atoms with Crippen LogP contribution < -0.4 is 0 Å². The van der Waals surface area contributed by atoms with Gasteiger partial charge in [0.25, 0.3) is 0 Å². The first-order valence-electron chi connectivity index (χ1n) is 3.95. The second kappa shape index (κ2) is 2.29. The number of hydrogen-bond donors (Lipinski definition) is 0. The molecule has 0 N–H and O–H groups in total. The van der Waals surface area contributed by atoms with Crippen LogP contribution in [0.4, 0.5) is 0 Å². The topological polar surface area (TPSA) is 34.1 Å². The highest BCUT2D eigenvalue weighted by Gasteiger charge is 2.54. The Hall–Kier alpha value is -0.920. The van der Waals surface area contributed by atoms with E-state index in [1.54, 1.807) is 0 Å². The Labute approximate surface area is 65.3 Å². The van der Waals surface area contributed by atoms with Gasteiger partial charge in [-0.3, -0.25) is 0 Å². The third-order valence-corrected chi connectivity index (χ3v) is 2.79. The Morgan fingerprint density at radius 1 is 1.27 bits per heavy atom. The highest BCUT2D eigenvalue weighted by atomic mass is 16.1. The van der Waals surface area contributed by atoms with Crippen molar-refractivity contribution in [3.05, 3.63) is 12.2 Å². The molecule has 2 rings (SSSR count). The molecule has 0 heterocycles. The number of hydrogen-bond acceptors (Lipinski definition) is 2. The molecule has 0 aliphatic heterocycles. The van der Waals surface area contributed by atoms with E-state index < -0.39 is 0 Å². The molecule has 1 saturated carbocycles. The zero-order valence-electron chi connectivity index (χ0n) is 6.14. The van der Waals surface area contributed by atoms with Crippen LogP contribution in [0.25, 0.3) is 0 Å². The number of rotatable bonds is 3. The van der Waals surface area contributed by atoms with Gasteiger partial charge >= 0.3 is 0 Å². The van der Waals surface area contributed by atoms with Crippen LogP contribution in [0.2, 0.25) is 0 Å². The fourth-order valence-corrected chi connectivity index (χ4v) is 2.14. The summed E-state index contributed by atoms with van der Waals surface area (Å²) in [6.45, 7) is 0. The molecule has 4 atom stereocenters. The van der Waals surface area contributed by atoms with Crippen molar-refractivity contribution < 1.29 is 9.59 Å². The lowest BCUT2D eigenvalue weighted by Crippen LogP contribution is -2.00. The van der Waals surface area contributed by atoms with Crippen molar-refractivity contribution in [3.8, 4) is 0 Å². The number of fused-ring (bicyclic) bond motifs is 1. The van der Waals surface area contributed by atoms with Gasteiger partial charge in [0.05, 0.1) is 0 Å². The maximum absolute atomic E-state index is 10.4. The number of allylic oxidation sites excluding steroid dienone is 2.